The Morgan fingerprint density at radius 2 is 2.03 bits per heavy atom. The smallest absolute Gasteiger partial charge is 0.338 e. The van der Waals surface area contributed by atoms with Gasteiger partial charge in [0.2, 0.25) is 0 Å². The van der Waals surface area contributed by atoms with Crippen LogP contribution in [0.5, 0.6) is 0 Å². The first-order valence-corrected chi connectivity index (χ1v) is 10.4. The van der Waals surface area contributed by atoms with Crippen LogP contribution >= 0.6 is 11.6 Å². The lowest BCUT2D eigenvalue weighted by Gasteiger charge is -2.33. The second-order valence-electron chi connectivity index (χ2n) is 8.48. The van der Waals surface area contributed by atoms with Crippen LogP contribution in [0.3, 0.4) is 0 Å². The highest BCUT2D eigenvalue weighted by atomic mass is 35.5. The first-order valence-electron chi connectivity index (χ1n) is 10.0. The van der Waals surface area contributed by atoms with Crippen LogP contribution in [-0.4, -0.2) is 49.7 Å². The molecule has 1 aliphatic carbocycles. The normalized spacial score (nSPS) is 29.2. The Morgan fingerprint density at radius 1 is 1.26 bits per heavy atom. The first-order chi connectivity index (χ1) is 14.7. The molecule has 9 heteroatoms. The number of carbonyl (C=O) groups is 1. The van der Waals surface area contributed by atoms with Gasteiger partial charge in [-0.15, -0.1) is 0 Å². The number of esters is 1. The molecule has 5 rings (SSSR count). The van der Waals surface area contributed by atoms with E-state index in [-0.39, 0.29) is 6.61 Å². The van der Waals surface area contributed by atoms with E-state index in [0.717, 1.165) is 0 Å². The lowest BCUT2D eigenvalue weighted by atomic mass is 9.98. The maximum absolute atomic E-state index is 12.4. The van der Waals surface area contributed by atoms with Crippen molar-refractivity contribution in [2.24, 2.45) is 0 Å². The third-order valence-corrected chi connectivity index (χ3v) is 6.24. The minimum atomic E-state index is -1.44. The summed E-state index contributed by atoms with van der Waals surface area (Å²) in [5.41, 5.74) is -1.47. The number of aliphatic hydroxyl groups is 1. The van der Waals surface area contributed by atoms with Gasteiger partial charge >= 0.3 is 5.97 Å². The molecule has 1 N–H and O–H groups in total. The third-order valence-electron chi connectivity index (χ3n) is 5.94. The fraction of sp³-hybridized carbons (Fsp3) is 0.409. The highest BCUT2D eigenvalue weighted by Crippen LogP contribution is 2.54. The van der Waals surface area contributed by atoms with E-state index in [1.165, 1.54) is 6.33 Å². The van der Waals surface area contributed by atoms with E-state index in [9.17, 15) is 9.90 Å². The van der Waals surface area contributed by atoms with Gasteiger partial charge in [0, 0.05) is 12.6 Å². The molecule has 2 fully saturated rings. The highest BCUT2D eigenvalue weighted by Gasteiger charge is 2.67. The van der Waals surface area contributed by atoms with Gasteiger partial charge in [-0.3, -0.25) is 0 Å². The minimum Gasteiger partial charge on any atom is -0.459 e. The molecule has 0 spiro atoms. The van der Waals surface area contributed by atoms with Gasteiger partial charge in [-0.25, -0.2) is 14.8 Å². The average molecular weight is 444 g/mol. The van der Waals surface area contributed by atoms with Crippen LogP contribution < -0.4 is 0 Å². The molecule has 1 aromatic carbocycles. The molecular weight excluding hydrogens is 422 g/mol. The standard InChI is InChI=1S/C22H22ClN3O5/c1-20(2)30-19-21(28,12-29-18(27)14-6-4-3-5-7-14)9-10-22(19,31-20)26-11-8-15-16(23)24-13-25-17(15)26/h3-8,11,13,19,28H,9-10,12H2,1-2H3/t19-,21-,22-/m1/s1. The summed E-state index contributed by atoms with van der Waals surface area (Å²) >= 11 is 6.23. The summed E-state index contributed by atoms with van der Waals surface area (Å²) in [7, 11) is 0. The summed E-state index contributed by atoms with van der Waals surface area (Å²) in [5.74, 6) is -1.47. The predicted molar refractivity (Wildman–Crippen MR) is 111 cm³/mol. The molecule has 162 valence electrons. The highest BCUT2D eigenvalue weighted by molar-refractivity contribution is 6.33. The molecular formula is C22H22ClN3O5. The van der Waals surface area contributed by atoms with Gasteiger partial charge in [0.15, 0.2) is 11.5 Å². The Morgan fingerprint density at radius 3 is 2.81 bits per heavy atom. The predicted octanol–water partition coefficient (Wildman–Crippen LogP) is 3.27. The van der Waals surface area contributed by atoms with Crippen molar-refractivity contribution in [2.45, 2.75) is 49.9 Å². The lowest BCUT2D eigenvalue weighted by Crippen LogP contribution is -2.51. The van der Waals surface area contributed by atoms with Crippen LogP contribution in [-0.2, 0) is 19.9 Å². The van der Waals surface area contributed by atoms with Gasteiger partial charge < -0.3 is 23.9 Å². The van der Waals surface area contributed by atoms with Crippen LogP contribution in [0.1, 0.15) is 37.0 Å². The zero-order valence-corrected chi connectivity index (χ0v) is 17.9. The number of fused-ring (bicyclic) bond motifs is 2. The van der Waals surface area contributed by atoms with Crippen LogP contribution in [0.4, 0.5) is 0 Å². The van der Waals surface area contributed by atoms with E-state index in [1.54, 1.807) is 38.1 Å². The molecule has 1 saturated heterocycles. The van der Waals surface area contributed by atoms with Gasteiger partial charge in [0.1, 0.15) is 35.4 Å². The quantitative estimate of drug-likeness (QED) is 0.488. The zero-order valence-electron chi connectivity index (χ0n) is 17.1. The van der Waals surface area contributed by atoms with Crippen LogP contribution in [0.15, 0.2) is 48.9 Å². The number of rotatable bonds is 4. The van der Waals surface area contributed by atoms with E-state index >= 15 is 0 Å². The molecule has 3 atom stereocenters. The van der Waals surface area contributed by atoms with Crippen molar-refractivity contribution in [1.29, 1.82) is 0 Å². The number of halogens is 1. The molecule has 0 amide bonds. The molecule has 3 aromatic rings. The largest absolute Gasteiger partial charge is 0.459 e. The Labute approximate surface area is 183 Å². The summed E-state index contributed by atoms with van der Waals surface area (Å²) < 4.78 is 19.9. The van der Waals surface area contributed by atoms with Gasteiger partial charge in [-0.1, -0.05) is 29.8 Å². The topological polar surface area (TPSA) is 95.7 Å². The number of nitrogens with zero attached hydrogens (tertiary/aromatic N) is 3. The molecule has 0 unspecified atom stereocenters. The maximum atomic E-state index is 12.4. The maximum Gasteiger partial charge on any atom is 0.338 e. The molecule has 8 nitrogen and oxygen atoms in total. The monoisotopic (exact) mass is 443 g/mol. The van der Waals surface area contributed by atoms with E-state index in [0.29, 0.717) is 34.6 Å². The zero-order chi connectivity index (χ0) is 21.9. The molecule has 31 heavy (non-hydrogen) atoms. The summed E-state index contributed by atoms with van der Waals surface area (Å²) in [6, 6.07) is 10.5. The minimum absolute atomic E-state index is 0.221. The van der Waals surface area contributed by atoms with Crippen LogP contribution in [0, 0.1) is 0 Å². The molecule has 2 aromatic heterocycles. The van der Waals surface area contributed by atoms with E-state index in [1.807, 2.05) is 22.9 Å². The summed E-state index contributed by atoms with van der Waals surface area (Å²) in [4.78, 5) is 20.8. The van der Waals surface area contributed by atoms with Gasteiger partial charge in [-0.05, 0) is 38.5 Å². The Kier molecular flexibility index (Phi) is 4.60. The van der Waals surface area contributed by atoms with E-state index in [2.05, 4.69) is 9.97 Å². The molecule has 3 heterocycles. The number of hydrogen-bond acceptors (Lipinski definition) is 7. The van der Waals surface area contributed by atoms with Gasteiger partial charge in [0.05, 0.1) is 10.9 Å². The van der Waals surface area contributed by atoms with Crippen molar-refractivity contribution in [3.63, 3.8) is 0 Å². The summed E-state index contributed by atoms with van der Waals surface area (Å²) in [6.07, 6.45) is 3.16. The van der Waals surface area contributed by atoms with Crippen molar-refractivity contribution in [2.75, 3.05) is 6.61 Å². The lowest BCUT2D eigenvalue weighted by molar-refractivity contribution is -0.196. The molecule has 1 saturated carbocycles. The number of carbonyl (C=O) groups excluding carboxylic acids is 1. The van der Waals surface area contributed by atoms with Crippen LogP contribution in [0.25, 0.3) is 11.0 Å². The van der Waals surface area contributed by atoms with Crippen molar-refractivity contribution in [3.8, 4) is 0 Å². The number of aromatic nitrogens is 3. The molecule has 2 aliphatic rings. The van der Waals surface area contributed by atoms with E-state index < -0.39 is 29.2 Å². The van der Waals surface area contributed by atoms with Crippen molar-refractivity contribution < 1.29 is 24.1 Å². The van der Waals surface area contributed by atoms with Crippen molar-refractivity contribution >= 4 is 28.6 Å². The number of hydrogen-bond donors (Lipinski definition) is 1. The third kappa shape index (κ3) is 3.22. The van der Waals surface area contributed by atoms with Crippen molar-refractivity contribution in [1.82, 2.24) is 14.5 Å². The summed E-state index contributed by atoms with van der Waals surface area (Å²) in [5, 5.41) is 12.5. The number of benzene rings is 1. The Bertz CT molecular complexity index is 1150. The SMILES string of the molecule is CC1(C)O[C@@H]2[C@](O)(COC(=O)c3ccccc3)CC[C@@]2(n2ccc3c(Cl)ncnc32)O1. The first kappa shape index (κ1) is 20.4. The molecule has 0 radical (unpaired) electrons. The van der Waals surface area contributed by atoms with E-state index in [4.69, 9.17) is 25.8 Å². The van der Waals surface area contributed by atoms with Gasteiger partial charge in [-0.2, -0.15) is 0 Å². The fourth-order valence-electron chi connectivity index (χ4n) is 4.64. The second-order valence-corrected chi connectivity index (χ2v) is 8.84. The summed E-state index contributed by atoms with van der Waals surface area (Å²) in [6.45, 7) is 3.36. The second kappa shape index (κ2) is 7.00. The average Bonchev–Trinajstić information content (AvgIpc) is 3.38. The Hall–Kier alpha value is -2.52. The van der Waals surface area contributed by atoms with Crippen molar-refractivity contribution in [3.05, 3.63) is 59.6 Å². The Balaban J connectivity index is 1.48. The number of ether oxygens (including phenoxy) is 3. The molecule has 0 bridgehead atoms. The molecule has 1 aliphatic heterocycles. The van der Waals surface area contributed by atoms with Gasteiger partial charge in [0.25, 0.3) is 0 Å². The fourth-order valence-corrected chi connectivity index (χ4v) is 4.83. The van der Waals surface area contributed by atoms with Crippen LogP contribution in [0.2, 0.25) is 5.15 Å².